The lowest BCUT2D eigenvalue weighted by molar-refractivity contribution is -0.136. The van der Waals surface area contributed by atoms with Crippen molar-refractivity contribution in [2.75, 3.05) is 39.3 Å². The first kappa shape index (κ1) is 18.6. The van der Waals surface area contributed by atoms with Crippen LogP contribution in [-0.2, 0) is 4.79 Å². The van der Waals surface area contributed by atoms with Crippen molar-refractivity contribution in [3.8, 4) is 0 Å². The van der Waals surface area contributed by atoms with E-state index in [-0.39, 0.29) is 11.8 Å². The Bertz CT molecular complexity index is 612. The number of hydrogen-bond acceptors (Lipinski definition) is 3. The van der Waals surface area contributed by atoms with Crippen molar-refractivity contribution in [1.29, 1.82) is 0 Å². The van der Waals surface area contributed by atoms with Crippen molar-refractivity contribution >= 4 is 34.4 Å². The second kappa shape index (κ2) is 8.49. The fourth-order valence-corrected chi connectivity index (χ4v) is 3.99. The van der Waals surface area contributed by atoms with Crippen LogP contribution >= 0.6 is 22.6 Å². The predicted molar refractivity (Wildman–Crippen MR) is 107 cm³/mol. The van der Waals surface area contributed by atoms with Gasteiger partial charge in [-0.15, -0.1) is 0 Å². The highest BCUT2D eigenvalue weighted by molar-refractivity contribution is 14.1. The zero-order valence-electron chi connectivity index (χ0n) is 14.8. The van der Waals surface area contributed by atoms with Crippen molar-refractivity contribution in [2.24, 2.45) is 0 Å². The highest BCUT2D eigenvalue weighted by atomic mass is 127. The van der Waals surface area contributed by atoms with Crippen molar-refractivity contribution in [3.63, 3.8) is 0 Å². The van der Waals surface area contributed by atoms with Crippen LogP contribution in [0.2, 0.25) is 0 Å². The van der Waals surface area contributed by atoms with Gasteiger partial charge in [0.05, 0.1) is 6.54 Å². The summed E-state index contributed by atoms with van der Waals surface area (Å²) in [5, 5.41) is 0. The maximum absolute atomic E-state index is 12.6. The number of carbonyl (C=O) groups is 2. The van der Waals surface area contributed by atoms with E-state index in [2.05, 4.69) is 34.4 Å². The van der Waals surface area contributed by atoms with Crippen LogP contribution in [-0.4, -0.2) is 71.8 Å². The van der Waals surface area contributed by atoms with Gasteiger partial charge in [-0.1, -0.05) is 0 Å². The Morgan fingerprint density at radius 1 is 1.04 bits per heavy atom. The second-order valence-electron chi connectivity index (χ2n) is 7.01. The van der Waals surface area contributed by atoms with Crippen LogP contribution < -0.4 is 0 Å². The number of hydrogen-bond donors (Lipinski definition) is 0. The monoisotopic (exact) mass is 455 g/mol. The number of carbonyl (C=O) groups excluding carboxylic acids is 2. The summed E-state index contributed by atoms with van der Waals surface area (Å²) in [6.45, 7) is 6.44. The van der Waals surface area contributed by atoms with Crippen LogP contribution in [0.15, 0.2) is 24.3 Å². The van der Waals surface area contributed by atoms with E-state index in [1.54, 1.807) is 0 Å². The van der Waals surface area contributed by atoms with Crippen molar-refractivity contribution < 1.29 is 9.59 Å². The highest BCUT2D eigenvalue weighted by Gasteiger charge is 2.27. The molecule has 0 N–H and O–H groups in total. The van der Waals surface area contributed by atoms with Crippen LogP contribution in [0.25, 0.3) is 0 Å². The molecule has 0 aromatic heterocycles. The van der Waals surface area contributed by atoms with Crippen LogP contribution in [0.1, 0.15) is 36.5 Å². The van der Waals surface area contributed by atoms with E-state index in [4.69, 9.17) is 0 Å². The Balaban J connectivity index is 1.49. The fraction of sp³-hybridized carbons (Fsp3) is 0.579. The first-order valence-corrected chi connectivity index (χ1v) is 10.2. The summed E-state index contributed by atoms with van der Waals surface area (Å²) in [5.74, 6) is 0.330. The quantitative estimate of drug-likeness (QED) is 0.658. The molecule has 0 spiro atoms. The Kier molecular flexibility index (Phi) is 6.33. The summed E-state index contributed by atoms with van der Waals surface area (Å²) in [6.07, 6.45) is 3.46. The Morgan fingerprint density at radius 3 is 2.36 bits per heavy atom. The molecule has 0 radical (unpaired) electrons. The van der Waals surface area contributed by atoms with Crippen molar-refractivity contribution in [3.05, 3.63) is 33.4 Å². The molecule has 2 aliphatic heterocycles. The number of nitrogens with zero attached hydrogens (tertiary/aromatic N) is 3. The molecule has 0 unspecified atom stereocenters. The number of halogens is 1. The number of amides is 2. The van der Waals surface area contributed by atoms with E-state index >= 15 is 0 Å². The summed E-state index contributed by atoms with van der Waals surface area (Å²) < 4.78 is 1.13. The molecular weight excluding hydrogens is 429 g/mol. The van der Waals surface area contributed by atoms with Gasteiger partial charge in [0.1, 0.15) is 0 Å². The van der Waals surface area contributed by atoms with E-state index < -0.39 is 0 Å². The fourth-order valence-electron chi connectivity index (χ4n) is 3.63. The lowest BCUT2D eigenvalue weighted by Gasteiger charge is -2.38. The number of piperidine rings is 1. The Labute approximate surface area is 163 Å². The van der Waals surface area contributed by atoms with Gasteiger partial charge in [0.15, 0.2) is 0 Å². The van der Waals surface area contributed by atoms with Crippen LogP contribution in [0.4, 0.5) is 0 Å². The Hall–Kier alpha value is -1.15. The van der Waals surface area contributed by atoms with Crippen LogP contribution in [0.3, 0.4) is 0 Å². The van der Waals surface area contributed by atoms with Crippen LogP contribution in [0, 0.1) is 3.57 Å². The Morgan fingerprint density at radius 2 is 1.72 bits per heavy atom. The molecule has 2 saturated heterocycles. The van der Waals surface area contributed by atoms with Gasteiger partial charge >= 0.3 is 0 Å². The normalized spacial score (nSPS) is 22.1. The molecule has 0 bridgehead atoms. The van der Waals surface area contributed by atoms with Gasteiger partial charge < -0.3 is 9.80 Å². The maximum Gasteiger partial charge on any atom is 0.253 e. The largest absolute Gasteiger partial charge is 0.339 e. The van der Waals surface area contributed by atoms with Gasteiger partial charge in [0, 0.05) is 47.9 Å². The van der Waals surface area contributed by atoms with Gasteiger partial charge in [0.2, 0.25) is 5.91 Å². The average Bonchev–Trinajstić information content (AvgIpc) is 2.63. The maximum atomic E-state index is 12.6. The van der Waals surface area contributed by atoms with E-state index in [1.807, 2.05) is 34.1 Å². The van der Waals surface area contributed by atoms with Crippen molar-refractivity contribution in [1.82, 2.24) is 14.7 Å². The third-order valence-electron chi connectivity index (χ3n) is 5.23. The molecule has 2 amide bonds. The van der Waals surface area contributed by atoms with E-state index in [0.29, 0.717) is 25.7 Å². The first-order chi connectivity index (χ1) is 12.0. The van der Waals surface area contributed by atoms with Crippen molar-refractivity contribution in [2.45, 2.75) is 32.2 Å². The SMILES string of the molecule is C[C@@H]1CCCCN1C(=O)CN1CCN(C(=O)c2ccc(I)cc2)CC1. The number of rotatable bonds is 3. The minimum absolute atomic E-state index is 0.0898. The molecule has 0 aliphatic carbocycles. The van der Waals surface area contributed by atoms with Gasteiger partial charge in [0.25, 0.3) is 5.91 Å². The van der Waals surface area contributed by atoms with Crippen LogP contribution in [0.5, 0.6) is 0 Å². The summed E-state index contributed by atoms with van der Waals surface area (Å²) >= 11 is 2.24. The molecule has 5 nitrogen and oxygen atoms in total. The smallest absolute Gasteiger partial charge is 0.253 e. The molecule has 136 valence electrons. The molecule has 2 fully saturated rings. The molecular formula is C19H26IN3O2. The number of piperazine rings is 1. The second-order valence-corrected chi connectivity index (χ2v) is 8.25. The molecule has 1 aromatic carbocycles. The molecule has 0 saturated carbocycles. The summed E-state index contributed by atoms with van der Waals surface area (Å²) in [6, 6.07) is 8.06. The van der Waals surface area contributed by atoms with E-state index in [0.717, 1.165) is 41.6 Å². The lowest BCUT2D eigenvalue weighted by Crippen LogP contribution is -2.53. The highest BCUT2D eigenvalue weighted by Crippen LogP contribution is 2.17. The molecule has 3 rings (SSSR count). The number of benzene rings is 1. The molecule has 1 aromatic rings. The minimum Gasteiger partial charge on any atom is -0.339 e. The summed E-state index contributed by atoms with van der Waals surface area (Å²) in [5.41, 5.74) is 0.743. The zero-order valence-corrected chi connectivity index (χ0v) is 16.9. The first-order valence-electron chi connectivity index (χ1n) is 9.11. The summed E-state index contributed by atoms with van der Waals surface area (Å²) in [7, 11) is 0. The van der Waals surface area contributed by atoms with Gasteiger partial charge in [-0.05, 0) is 73.0 Å². The van der Waals surface area contributed by atoms with Gasteiger partial charge in [-0.2, -0.15) is 0 Å². The zero-order chi connectivity index (χ0) is 17.8. The molecule has 1 atom stereocenters. The standard InChI is InChI=1S/C19H26IN3O2/c1-15-4-2-3-9-23(15)18(24)14-21-10-12-22(13-11-21)19(25)16-5-7-17(20)8-6-16/h5-8,15H,2-4,9-14H2,1H3/t15-/m1/s1. The third kappa shape index (κ3) is 4.73. The molecule has 25 heavy (non-hydrogen) atoms. The van der Waals surface area contributed by atoms with Gasteiger partial charge in [-0.3, -0.25) is 14.5 Å². The molecule has 2 heterocycles. The van der Waals surface area contributed by atoms with Gasteiger partial charge in [-0.25, -0.2) is 0 Å². The lowest BCUT2D eigenvalue weighted by atomic mass is 10.0. The molecule has 6 heteroatoms. The molecule has 2 aliphatic rings. The topological polar surface area (TPSA) is 43.9 Å². The van der Waals surface area contributed by atoms with E-state index in [9.17, 15) is 9.59 Å². The average molecular weight is 455 g/mol. The predicted octanol–water partition coefficient (Wildman–Crippen LogP) is 2.45. The third-order valence-corrected chi connectivity index (χ3v) is 5.95. The minimum atomic E-state index is 0.0898. The summed E-state index contributed by atoms with van der Waals surface area (Å²) in [4.78, 5) is 31.2. The van der Waals surface area contributed by atoms with E-state index in [1.165, 1.54) is 6.42 Å². The number of likely N-dealkylation sites (tertiary alicyclic amines) is 1.